The Morgan fingerprint density at radius 1 is 1.05 bits per heavy atom. The molecule has 0 amide bonds. The van der Waals surface area contributed by atoms with E-state index >= 15 is 0 Å². The average molecular weight is 275 g/mol. The van der Waals surface area contributed by atoms with Crippen LogP contribution in [0.15, 0.2) is 42.6 Å². The van der Waals surface area contributed by atoms with Crippen molar-refractivity contribution in [2.75, 3.05) is 0 Å². The average Bonchev–Trinajstić information content (AvgIpc) is 3.01. The number of fused-ring (bicyclic) bond motifs is 2. The quantitative estimate of drug-likeness (QED) is 0.551. The molecule has 0 spiro atoms. The van der Waals surface area contributed by atoms with Gasteiger partial charge in [0.1, 0.15) is 5.82 Å². The molecule has 3 heteroatoms. The SMILES string of the molecule is Cc1cc2nc(-c3cn(C)c4ccccc34)[nH]c2cc1C. The Morgan fingerprint density at radius 2 is 1.81 bits per heavy atom. The molecule has 0 aliphatic rings. The number of nitrogens with zero attached hydrogens (tertiary/aromatic N) is 2. The summed E-state index contributed by atoms with van der Waals surface area (Å²) in [6.45, 7) is 4.26. The maximum atomic E-state index is 4.78. The number of H-pyrrole nitrogens is 1. The van der Waals surface area contributed by atoms with Gasteiger partial charge >= 0.3 is 0 Å². The number of imidazole rings is 1. The van der Waals surface area contributed by atoms with E-state index in [-0.39, 0.29) is 0 Å². The lowest BCUT2D eigenvalue weighted by Gasteiger charge is -1.97. The molecule has 1 N–H and O–H groups in total. The first-order chi connectivity index (χ1) is 10.1. The fraction of sp³-hybridized carbons (Fsp3) is 0.167. The number of nitrogens with one attached hydrogen (secondary N) is 1. The number of aromatic amines is 1. The van der Waals surface area contributed by atoms with Crippen molar-refractivity contribution in [1.29, 1.82) is 0 Å². The maximum Gasteiger partial charge on any atom is 0.140 e. The summed E-state index contributed by atoms with van der Waals surface area (Å²) >= 11 is 0. The molecule has 0 bridgehead atoms. The van der Waals surface area contributed by atoms with Crippen molar-refractivity contribution in [3.63, 3.8) is 0 Å². The third-order valence-electron chi connectivity index (χ3n) is 4.25. The van der Waals surface area contributed by atoms with Gasteiger partial charge in [0.05, 0.1) is 11.0 Å². The van der Waals surface area contributed by atoms with E-state index in [4.69, 9.17) is 4.98 Å². The molecule has 2 heterocycles. The Labute approximate surface area is 123 Å². The van der Waals surface area contributed by atoms with Crippen molar-refractivity contribution < 1.29 is 0 Å². The van der Waals surface area contributed by atoms with Crippen molar-refractivity contribution in [3.8, 4) is 11.4 Å². The molecule has 0 atom stereocenters. The highest BCUT2D eigenvalue weighted by molar-refractivity contribution is 5.96. The Hall–Kier alpha value is -2.55. The summed E-state index contributed by atoms with van der Waals surface area (Å²) in [6.07, 6.45) is 2.14. The third kappa shape index (κ3) is 1.77. The Balaban J connectivity index is 2.00. The molecule has 2 aromatic heterocycles. The largest absolute Gasteiger partial charge is 0.350 e. The lowest BCUT2D eigenvalue weighted by Crippen LogP contribution is -1.81. The zero-order valence-corrected chi connectivity index (χ0v) is 12.4. The van der Waals surface area contributed by atoms with Crippen molar-refractivity contribution in [2.24, 2.45) is 7.05 Å². The summed E-state index contributed by atoms with van der Waals surface area (Å²) in [7, 11) is 2.07. The first-order valence-electron chi connectivity index (χ1n) is 7.15. The highest BCUT2D eigenvalue weighted by Gasteiger charge is 2.12. The molecule has 0 unspecified atom stereocenters. The predicted octanol–water partition coefficient (Wildman–Crippen LogP) is 4.34. The number of aromatic nitrogens is 3. The van der Waals surface area contributed by atoms with E-state index < -0.39 is 0 Å². The molecule has 0 aliphatic heterocycles. The van der Waals surface area contributed by atoms with Crippen LogP contribution >= 0.6 is 0 Å². The minimum absolute atomic E-state index is 0.937. The van der Waals surface area contributed by atoms with Gasteiger partial charge in [0, 0.05) is 29.7 Å². The van der Waals surface area contributed by atoms with Crippen LogP contribution in [0.25, 0.3) is 33.3 Å². The lowest BCUT2D eigenvalue weighted by atomic mass is 10.1. The Kier molecular flexibility index (Phi) is 2.45. The van der Waals surface area contributed by atoms with Gasteiger partial charge in [-0.3, -0.25) is 0 Å². The van der Waals surface area contributed by atoms with Gasteiger partial charge in [0.2, 0.25) is 0 Å². The first kappa shape index (κ1) is 12.2. The number of aryl methyl sites for hydroxylation is 3. The predicted molar refractivity (Wildman–Crippen MR) is 87.5 cm³/mol. The summed E-state index contributed by atoms with van der Waals surface area (Å²) in [6, 6.07) is 12.7. The number of hydrogen-bond donors (Lipinski definition) is 1. The molecule has 0 radical (unpaired) electrons. The molecule has 21 heavy (non-hydrogen) atoms. The Bertz CT molecular complexity index is 934. The molecular weight excluding hydrogens is 258 g/mol. The minimum Gasteiger partial charge on any atom is -0.350 e. The molecule has 0 saturated carbocycles. The van der Waals surface area contributed by atoms with Gasteiger partial charge in [-0.15, -0.1) is 0 Å². The molecule has 104 valence electrons. The van der Waals surface area contributed by atoms with E-state index in [1.165, 1.54) is 22.0 Å². The maximum absolute atomic E-state index is 4.78. The van der Waals surface area contributed by atoms with Crippen LogP contribution in [0.5, 0.6) is 0 Å². The summed E-state index contributed by atoms with van der Waals surface area (Å²) < 4.78 is 2.15. The van der Waals surface area contributed by atoms with E-state index in [1.807, 2.05) is 0 Å². The second kappa shape index (κ2) is 4.22. The monoisotopic (exact) mass is 275 g/mol. The fourth-order valence-corrected chi connectivity index (χ4v) is 2.93. The van der Waals surface area contributed by atoms with Crippen molar-refractivity contribution in [3.05, 3.63) is 53.7 Å². The zero-order chi connectivity index (χ0) is 14.6. The molecule has 4 aromatic rings. The second-order valence-electron chi connectivity index (χ2n) is 5.71. The lowest BCUT2D eigenvalue weighted by molar-refractivity contribution is 0.969. The number of hydrogen-bond acceptors (Lipinski definition) is 1. The second-order valence-corrected chi connectivity index (χ2v) is 5.71. The van der Waals surface area contributed by atoms with Crippen LogP contribution in [0, 0.1) is 13.8 Å². The van der Waals surface area contributed by atoms with E-state index in [9.17, 15) is 0 Å². The van der Waals surface area contributed by atoms with Crippen LogP contribution in [0.1, 0.15) is 11.1 Å². The van der Waals surface area contributed by atoms with Crippen LogP contribution in [0.4, 0.5) is 0 Å². The van der Waals surface area contributed by atoms with E-state index in [0.29, 0.717) is 0 Å². The van der Waals surface area contributed by atoms with Gasteiger partial charge in [-0.2, -0.15) is 0 Å². The van der Waals surface area contributed by atoms with Gasteiger partial charge in [-0.1, -0.05) is 18.2 Å². The van der Waals surface area contributed by atoms with Crippen molar-refractivity contribution >= 4 is 21.9 Å². The molecule has 4 rings (SSSR count). The van der Waals surface area contributed by atoms with Crippen LogP contribution in [-0.4, -0.2) is 14.5 Å². The number of benzene rings is 2. The molecule has 2 aromatic carbocycles. The summed E-state index contributed by atoms with van der Waals surface area (Å²) in [4.78, 5) is 8.24. The molecular formula is C18H17N3. The van der Waals surface area contributed by atoms with E-state index in [2.05, 4.69) is 73.0 Å². The van der Waals surface area contributed by atoms with Crippen molar-refractivity contribution in [2.45, 2.75) is 13.8 Å². The van der Waals surface area contributed by atoms with E-state index in [1.54, 1.807) is 0 Å². The fourth-order valence-electron chi connectivity index (χ4n) is 2.93. The molecule has 0 saturated heterocycles. The highest BCUT2D eigenvalue weighted by atomic mass is 15.0. The smallest absolute Gasteiger partial charge is 0.140 e. The van der Waals surface area contributed by atoms with Crippen LogP contribution in [0.3, 0.4) is 0 Å². The topological polar surface area (TPSA) is 33.6 Å². The third-order valence-corrected chi connectivity index (χ3v) is 4.25. The molecule has 0 fully saturated rings. The van der Waals surface area contributed by atoms with Crippen molar-refractivity contribution in [1.82, 2.24) is 14.5 Å². The van der Waals surface area contributed by atoms with Gasteiger partial charge in [0.25, 0.3) is 0 Å². The summed E-state index contributed by atoms with van der Waals surface area (Å²) in [5.41, 5.74) is 7.07. The first-order valence-corrected chi connectivity index (χ1v) is 7.15. The normalized spacial score (nSPS) is 11.6. The van der Waals surface area contributed by atoms with Gasteiger partial charge in [0.15, 0.2) is 0 Å². The van der Waals surface area contributed by atoms with E-state index in [0.717, 1.165) is 22.4 Å². The number of para-hydroxylation sites is 1. The van der Waals surface area contributed by atoms with Crippen LogP contribution < -0.4 is 0 Å². The van der Waals surface area contributed by atoms with Gasteiger partial charge < -0.3 is 9.55 Å². The standard InChI is InChI=1S/C18H17N3/c1-11-8-15-16(9-12(11)2)20-18(19-15)14-10-21(3)17-7-5-4-6-13(14)17/h4-10H,1-3H3,(H,19,20). The molecule has 0 aliphatic carbocycles. The highest BCUT2D eigenvalue weighted by Crippen LogP contribution is 2.30. The molecule has 3 nitrogen and oxygen atoms in total. The minimum atomic E-state index is 0.937. The number of rotatable bonds is 1. The zero-order valence-electron chi connectivity index (χ0n) is 12.4. The summed E-state index contributed by atoms with van der Waals surface area (Å²) in [5.74, 6) is 0.937. The van der Waals surface area contributed by atoms with Gasteiger partial charge in [-0.25, -0.2) is 4.98 Å². The van der Waals surface area contributed by atoms with Crippen LogP contribution in [0.2, 0.25) is 0 Å². The Morgan fingerprint density at radius 3 is 2.67 bits per heavy atom. The van der Waals surface area contributed by atoms with Crippen LogP contribution in [-0.2, 0) is 7.05 Å². The summed E-state index contributed by atoms with van der Waals surface area (Å²) in [5, 5.41) is 1.23. The van der Waals surface area contributed by atoms with Gasteiger partial charge in [-0.05, 0) is 43.2 Å².